The Balaban J connectivity index is 2.54. The summed E-state index contributed by atoms with van der Waals surface area (Å²) in [5.41, 5.74) is 1.52. The molecule has 1 aliphatic heterocycles. The number of hydrogen-bond donors (Lipinski definition) is 0. The molecule has 138 valence electrons. The molecule has 0 bridgehead atoms. The van der Waals surface area contributed by atoms with Crippen molar-refractivity contribution in [3.05, 3.63) is 29.3 Å². The van der Waals surface area contributed by atoms with Crippen LogP contribution in [0.3, 0.4) is 0 Å². The van der Waals surface area contributed by atoms with E-state index in [2.05, 4.69) is 20.8 Å². The van der Waals surface area contributed by atoms with Gasteiger partial charge in [0, 0.05) is 12.0 Å². The summed E-state index contributed by atoms with van der Waals surface area (Å²) < 4.78 is 22.1. The van der Waals surface area contributed by atoms with Crippen molar-refractivity contribution in [2.24, 2.45) is 5.92 Å². The highest BCUT2D eigenvalue weighted by molar-refractivity contribution is 5.90. The number of esters is 1. The first kappa shape index (κ1) is 19.2. The van der Waals surface area contributed by atoms with E-state index in [1.807, 2.05) is 12.1 Å². The summed E-state index contributed by atoms with van der Waals surface area (Å²) in [6.07, 6.45) is 3.04. The maximum Gasteiger partial charge on any atom is 0.334 e. The van der Waals surface area contributed by atoms with E-state index in [1.165, 1.54) is 6.08 Å². The molecule has 0 aromatic heterocycles. The van der Waals surface area contributed by atoms with Crippen molar-refractivity contribution in [2.75, 3.05) is 20.8 Å². The van der Waals surface area contributed by atoms with Gasteiger partial charge in [0.1, 0.15) is 11.4 Å². The van der Waals surface area contributed by atoms with Gasteiger partial charge >= 0.3 is 5.97 Å². The van der Waals surface area contributed by atoms with Gasteiger partial charge in [0.2, 0.25) is 0 Å². The van der Waals surface area contributed by atoms with Gasteiger partial charge in [-0.25, -0.2) is 4.79 Å². The van der Waals surface area contributed by atoms with Crippen LogP contribution in [0.5, 0.6) is 11.5 Å². The van der Waals surface area contributed by atoms with E-state index in [0.29, 0.717) is 29.8 Å². The number of carbonyl (C=O) groups is 1. The van der Waals surface area contributed by atoms with Crippen LogP contribution in [0.2, 0.25) is 0 Å². The van der Waals surface area contributed by atoms with E-state index in [-0.39, 0.29) is 5.60 Å². The van der Waals surface area contributed by atoms with Gasteiger partial charge in [0.25, 0.3) is 0 Å². The average Bonchev–Trinajstić information content (AvgIpc) is 2.52. The number of hydrogen-bond acceptors (Lipinski definition) is 5. The lowest BCUT2D eigenvalue weighted by Crippen LogP contribution is -2.36. The summed E-state index contributed by atoms with van der Waals surface area (Å²) in [6, 6.07) is 3.82. The minimum Gasteiger partial charge on any atom is -0.493 e. The van der Waals surface area contributed by atoms with Crippen LogP contribution in [-0.4, -0.2) is 32.4 Å². The maximum absolute atomic E-state index is 12.0. The Hall–Kier alpha value is -2.17. The molecule has 0 aliphatic carbocycles. The predicted molar refractivity (Wildman–Crippen MR) is 96.8 cm³/mol. The summed E-state index contributed by atoms with van der Waals surface area (Å²) in [5.74, 6) is 1.85. The lowest BCUT2D eigenvalue weighted by Gasteiger charge is -2.38. The minimum absolute atomic E-state index is 0.324. The fourth-order valence-electron chi connectivity index (χ4n) is 3.43. The average molecular weight is 348 g/mol. The quantitative estimate of drug-likeness (QED) is 0.575. The number of rotatable bonds is 6. The molecular formula is C20H28O5. The lowest BCUT2D eigenvalue weighted by molar-refractivity contribution is -0.137. The first-order valence-electron chi connectivity index (χ1n) is 8.64. The summed E-state index contributed by atoms with van der Waals surface area (Å²) in [5, 5.41) is 0. The van der Waals surface area contributed by atoms with Crippen LogP contribution in [-0.2, 0) is 20.7 Å². The molecule has 1 unspecified atom stereocenters. The number of ether oxygens (including phenoxy) is 4. The second kappa shape index (κ2) is 7.81. The molecule has 0 N–H and O–H groups in total. The van der Waals surface area contributed by atoms with Gasteiger partial charge in [-0.1, -0.05) is 13.8 Å². The number of benzene rings is 1. The van der Waals surface area contributed by atoms with Gasteiger partial charge in [0.05, 0.1) is 26.9 Å². The fourth-order valence-corrected chi connectivity index (χ4v) is 3.43. The molecule has 1 aromatic carbocycles. The van der Waals surface area contributed by atoms with Crippen molar-refractivity contribution in [1.29, 1.82) is 0 Å². The highest BCUT2D eigenvalue weighted by Gasteiger charge is 2.36. The molecule has 1 atom stereocenters. The third-order valence-corrected chi connectivity index (χ3v) is 4.17. The van der Waals surface area contributed by atoms with Gasteiger partial charge in [-0.05, 0) is 43.9 Å². The molecule has 1 aliphatic rings. The largest absolute Gasteiger partial charge is 0.493 e. The second-order valence-electron chi connectivity index (χ2n) is 6.95. The molecule has 5 heteroatoms. The molecule has 1 heterocycles. The van der Waals surface area contributed by atoms with Crippen molar-refractivity contribution in [2.45, 2.75) is 46.1 Å². The van der Waals surface area contributed by atoms with Gasteiger partial charge in [-0.3, -0.25) is 0 Å². The van der Waals surface area contributed by atoms with Crippen molar-refractivity contribution < 1.29 is 23.7 Å². The molecule has 0 saturated heterocycles. The van der Waals surface area contributed by atoms with Crippen LogP contribution in [0.25, 0.3) is 5.76 Å². The summed E-state index contributed by atoms with van der Waals surface area (Å²) in [4.78, 5) is 12.0. The summed E-state index contributed by atoms with van der Waals surface area (Å²) >= 11 is 0. The van der Waals surface area contributed by atoms with Gasteiger partial charge < -0.3 is 18.9 Å². The minimum atomic E-state index is -0.410. The zero-order valence-electron chi connectivity index (χ0n) is 16.0. The standard InChI is InChI=1S/C20H28O5/c1-7-24-19(21)10-16-15-9-18(23-6)17(22-5)8-14(15)12-20(4,25-16)11-13(2)3/h8-10,13H,7,11-12H2,1-6H3/b16-10-. The Bertz CT molecular complexity index is 662. The zero-order valence-corrected chi connectivity index (χ0v) is 16.0. The zero-order chi connectivity index (χ0) is 18.6. The highest BCUT2D eigenvalue weighted by Crippen LogP contribution is 2.43. The van der Waals surface area contributed by atoms with E-state index in [4.69, 9.17) is 18.9 Å². The smallest absolute Gasteiger partial charge is 0.334 e. The van der Waals surface area contributed by atoms with Crippen molar-refractivity contribution >= 4 is 11.7 Å². The SMILES string of the molecule is CCOC(=O)/C=C1\OC(C)(CC(C)C)Cc2cc(OC)c(OC)cc21. The van der Waals surface area contributed by atoms with Crippen LogP contribution < -0.4 is 9.47 Å². The lowest BCUT2D eigenvalue weighted by atomic mass is 9.83. The van der Waals surface area contributed by atoms with Crippen molar-refractivity contribution in [3.8, 4) is 11.5 Å². The number of carbonyl (C=O) groups excluding carboxylic acids is 1. The van der Waals surface area contributed by atoms with Crippen LogP contribution in [0, 0.1) is 5.92 Å². The molecule has 1 aromatic rings. The Morgan fingerprint density at radius 2 is 1.92 bits per heavy atom. The molecule has 2 rings (SSSR count). The maximum atomic E-state index is 12.0. The Kier molecular flexibility index (Phi) is 5.98. The second-order valence-corrected chi connectivity index (χ2v) is 6.95. The van der Waals surface area contributed by atoms with E-state index in [0.717, 1.165) is 24.0 Å². The van der Waals surface area contributed by atoms with Gasteiger partial charge in [0.15, 0.2) is 11.5 Å². The van der Waals surface area contributed by atoms with E-state index < -0.39 is 5.97 Å². The van der Waals surface area contributed by atoms with E-state index in [9.17, 15) is 4.79 Å². The van der Waals surface area contributed by atoms with Crippen molar-refractivity contribution in [1.82, 2.24) is 0 Å². The van der Waals surface area contributed by atoms with Crippen LogP contribution in [0.15, 0.2) is 18.2 Å². The molecule has 0 amide bonds. The Labute approximate surface area is 149 Å². The van der Waals surface area contributed by atoms with Crippen LogP contribution >= 0.6 is 0 Å². The number of fused-ring (bicyclic) bond motifs is 1. The van der Waals surface area contributed by atoms with Crippen molar-refractivity contribution in [3.63, 3.8) is 0 Å². The highest BCUT2D eigenvalue weighted by atomic mass is 16.5. The first-order chi connectivity index (χ1) is 11.8. The van der Waals surface area contributed by atoms with E-state index in [1.54, 1.807) is 21.1 Å². The molecule has 5 nitrogen and oxygen atoms in total. The monoisotopic (exact) mass is 348 g/mol. The number of methoxy groups -OCH3 is 2. The molecule has 0 saturated carbocycles. The Morgan fingerprint density at radius 1 is 1.28 bits per heavy atom. The summed E-state index contributed by atoms with van der Waals surface area (Å²) in [6.45, 7) is 8.50. The topological polar surface area (TPSA) is 54.0 Å². The third kappa shape index (κ3) is 4.47. The molecule has 0 radical (unpaired) electrons. The van der Waals surface area contributed by atoms with Gasteiger partial charge in [-0.2, -0.15) is 0 Å². The first-order valence-corrected chi connectivity index (χ1v) is 8.64. The van der Waals surface area contributed by atoms with E-state index >= 15 is 0 Å². The molecule has 25 heavy (non-hydrogen) atoms. The fraction of sp³-hybridized carbons (Fsp3) is 0.550. The predicted octanol–water partition coefficient (Wildman–Crippen LogP) is 3.99. The third-order valence-electron chi connectivity index (χ3n) is 4.17. The van der Waals surface area contributed by atoms with Gasteiger partial charge in [-0.15, -0.1) is 0 Å². The molecular weight excluding hydrogens is 320 g/mol. The normalized spacial score (nSPS) is 20.8. The molecule has 0 spiro atoms. The molecule has 0 fully saturated rings. The van der Waals surface area contributed by atoms with Crippen LogP contribution in [0.4, 0.5) is 0 Å². The Morgan fingerprint density at radius 3 is 2.48 bits per heavy atom. The summed E-state index contributed by atoms with van der Waals surface area (Å²) in [7, 11) is 3.21. The van der Waals surface area contributed by atoms with Crippen LogP contribution in [0.1, 0.15) is 45.2 Å².